The van der Waals surface area contributed by atoms with E-state index in [0.29, 0.717) is 18.5 Å². The molecule has 19 heavy (non-hydrogen) atoms. The fraction of sp³-hybridized carbons (Fsp3) is 0.385. The Labute approximate surface area is 125 Å². The Morgan fingerprint density at radius 2 is 2.11 bits per heavy atom. The van der Waals surface area contributed by atoms with Gasteiger partial charge in [0.2, 0.25) is 5.91 Å². The monoisotopic (exact) mass is 343 g/mol. The van der Waals surface area contributed by atoms with E-state index in [2.05, 4.69) is 28.6 Å². The second kappa shape index (κ2) is 5.54. The Kier molecular flexibility index (Phi) is 4.20. The van der Waals surface area contributed by atoms with Gasteiger partial charge in [0.05, 0.1) is 6.61 Å². The van der Waals surface area contributed by atoms with Crippen molar-refractivity contribution >= 4 is 46.1 Å². The first kappa shape index (κ1) is 14.4. The number of anilines is 1. The molecule has 0 spiro atoms. The van der Waals surface area contributed by atoms with Gasteiger partial charge in [-0.3, -0.25) is 9.69 Å². The molecule has 0 bridgehead atoms. The number of esters is 1. The van der Waals surface area contributed by atoms with E-state index in [-0.39, 0.29) is 12.5 Å². The van der Waals surface area contributed by atoms with Gasteiger partial charge in [0, 0.05) is 16.6 Å². The highest BCUT2D eigenvalue weighted by atomic mass is 79.9. The number of carbonyl (C=O) groups is 2. The number of benzene rings is 1. The lowest BCUT2D eigenvalue weighted by atomic mass is 10.2. The van der Waals surface area contributed by atoms with Crippen molar-refractivity contribution in [3.05, 3.63) is 28.7 Å². The van der Waals surface area contributed by atoms with Crippen LogP contribution in [-0.4, -0.2) is 23.4 Å². The molecular formula is C13H14BrNO3S. The maximum Gasteiger partial charge on any atom is 0.342 e. The van der Waals surface area contributed by atoms with Crippen molar-refractivity contribution < 1.29 is 14.3 Å². The molecule has 102 valence electrons. The highest BCUT2D eigenvalue weighted by molar-refractivity contribution is 9.10. The SMILES string of the molecule is CCOC(=O)C1(S)CCC(=O)N1c1ccc(Br)cc1. The average molecular weight is 344 g/mol. The summed E-state index contributed by atoms with van der Waals surface area (Å²) in [5.74, 6) is -0.600. The first-order chi connectivity index (χ1) is 8.99. The largest absolute Gasteiger partial charge is 0.464 e. The lowest BCUT2D eigenvalue weighted by Gasteiger charge is -2.31. The minimum Gasteiger partial charge on any atom is -0.464 e. The zero-order valence-electron chi connectivity index (χ0n) is 10.4. The summed E-state index contributed by atoms with van der Waals surface area (Å²) in [6.45, 7) is 2.00. The van der Waals surface area contributed by atoms with Crippen LogP contribution < -0.4 is 4.90 Å². The smallest absolute Gasteiger partial charge is 0.342 e. The molecule has 1 unspecified atom stereocenters. The molecule has 1 aromatic rings. The van der Waals surface area contributed by atoms with Gasteiger partial charge in [-0.2, -0.15) is 0 Å². The summed E-state index contributed by atoms with van der Waals surface area (Å²) in [6.07, 6.45) is 0.641. The van der Waals surface area contributed by atoms with Gasteiger partial charge in [-0.1, -0.05) is 15.9 Å². The standard InChI is InChI=1S/C13H14BrNO3S/c1-2-18-12(17)13(19)8-7-11(16)15(13)10-5-3-9(14)4-6-10/h3-6,19H,2,7-8H2,1H3. The number of carbonyl (C=O) groups excluding carboxylic acids is 2. The van der Waals surface area contributed by atoms with Crippen LogP contribution >= 0.6 is 28.6 Å². The molecule has 1 heterocycles. The van der Waals surface area contributed by atoms with Gasteiger partial charge in [0.1, 0.15) is 0 Å². The fourth-order valence-corrected chi connectivity index (χ4v) is 2.77. The second-order valence-corrected chi connectivity index (χ2v) is 5.90. The number of amides is 1. The Morgan fingerprint density at radius 3 is 2.68 bits per heavy atom. The number of nitrogens with zero attached hydrogens (tertiary/aromatic N) is 1. The Bertz CT molecular complexity index is 505. The average Bonchev–Trinajstić information content (AvgIpc) is 2.69. The van der Waals surface area contributed by atoms with Crippen molar-refractivity contribution in [3.63, 3.8) is 0 Å². The minimum atomic E-state index is -1.21. The van der Waals surface area contributed by atoms with E-state index in [1.165, 1.54) is 4.90 Å². The number of ether oxygens (including phenoxy) is 1. The number of thiol groups is 1. The maximum absolute atomic E-state index is 12.1. The van der Waals surface area contributed by atoms with Crippen LogP contribution in [0.2, 0.25) is 0 Å². The van der Waals surface area contributed by atoms with Gasteiger partial charge in [-0.25, -0.2) is 4.79 Å². The Morgan fingerprint density at radius 1 is 1.47 bits per heavy atom. The highest BCUT2D eigenvalue weighted by Crippen LogP contribution is 2.39. The van der Waals surface area contributed by atoms with Crippen LogP contribution in [0.3, 0.4) is 0 Å². The third-order valence-electron chi connectivity index (χ3n) is 2.99. The fourth-order valence-electron chi connectivity index (χ4n) is 2.10. The zero-order valence-corrected chi connectivity index (χ0v) is 12.9. The molecule has 6 heteroatoms. The number of rotatable bonds is 3. The molecule has 1 saturated heterocycles. The quantitative estimate of drug-likeness (QED) is 0.678. The summed E-state index contributed by atoms with van der Waals surface area (Å²) >= 11 is 7.76. The van der Waals surface area contributed by atoms with E-state index in [1.807, 2.05) is 12.1 Å². The third-order valence-corrected chi connectivity index (χ3v) is 4.13. The first-order valence-corrected chi connectivity index (χ1v) is 7.21. The molecule has 1 fully saturated rings. The van der Waals surface area contributed by atoms with Crippen molar-refractivity contribution in [2.75, 3.05) is 11.5 Å². The first-order valence-electron chi connectivity index (χ1n) is 5.97. The number of hydrogen-bond donors (Lipinski definition) is 1. The van der Waals surface area contributed by atoms with Crippen molar-refractivity contribution in [1.29, 1.82) is 0 Å². The minimum absolute atomic E-state index is 0.120. The molecule has 4 nitrogen and oxygen atoms in total. The van der Waals surface area contributed by atoms with Crippen molar-refractivity contribution in [1.82, 2.24) is 0 Å². The molecule has 1 aliphatic rings. The van der Waals surface area contributed by atoms with Gasteiger partial charge in [0.25, 0.3) is 0 Å². The van der Waals surface area contributed by atoms with Gasteiger partial charge < -0.3 is 4.74 Å². The van der Waals surface area contributed by atoms with E-state index in [1.54, 1.807) is 19.1 Å². The predicted octanol–water partition coefficient (Wildman–Crippen LogP) is 2.77. The van der Waals surface area contributed by atoms with Gasteiger partial charge in [-0.15, -0.1) is 12.6 Å². The molecule has 1 aliphatic heterocycles. The molecule has 0 aromatic heterocycles. The van der Waals surface area contributed by atoms with E-state index in [4.69, 9.17) is 4.74 Å². The molecule has 1 amide bonds. The summed E-state index contributed by atoms with van der Waals surface area (Å²) in [4.78, 5) is 24.3. The van der Waals surface area contributed by atoms with E-state index in [0.717, 1.165) is 4.47 Å². The highest BCUT2D eigenvalue weighted by Gasteiger charge is 2.50. The normalized spacial score (nSPS) is 22.7. The molecule has 2 rings (SSSR count). The summed E-state index contributed by atoms with van der Waals surface area (Å²) in [5.41, 5.74) is 0.647. The predicted molar refractivity (Wildman–Crippen MR) is 79.2 cm³/mol. The summed E-state index contributed by atoms with van der Waals surface area (Å²) in [6, 6.07) is 7.19. The van der Waals surface area contributed by atoms with Crippen LogP contribution in [-0.2, 0) is 14.3 Å². The summed E-state index contributed by atoms with van der Waals surface area (Å²) < 4.78 is 5.94. The number of hydrogen-bond acceptors (Lipinski definition) is 4. The second-order valence-electron chi connectivity index (χ2n) is 4.24. The number of halogens is 1. The Balaban J connectivity index is 2.37. The van der Waals surface area contributed by atoms with Crippen LogP contribution in [0.25, 0.3) is 0 Å². The molecule has 0 radical (unpaired) electrons. The van der Waals surface area contributed by atoms with Crippen LogP contribution in [0.5, 0.6) is 0 Å². The molecule has 0 N–H and O–H groups in total. The topological polar surface area (TPSA) is 46.6 Å². The lowest BCUT2D eigenvalue weighted by Crippen LogP contribution is -2.48. The molecular weight excluding hydrogens is 330 g/mol. The summed E-state index contributed by atoms with van der Waals surface area (Å²) in [7, 11) is 0. The third kappa shape index (κ3) is 2.65. The van der Waals surface area contributed by atoms with E-state index >= 15 is 0 Å². The molecule has 1 aromatic carbocycles. The van der Waals surface area contributed by atoms with Crippen molar-refractivity contribution in [2.24, 2.45) is 0 Å². The van der Waals surface area contributed by atoms with E-state index < -0.39 is 10.8 Å². The zero-order chi connectivity index (χ0) is 14.0. The summed E-state index contributed by atoms with van der Waals surface area (Å²) in [5, 5.41) is 0. The van der Waals surface area contributed by atoms with Crippen LogP contribution in [0, 0.1) is 0 Å². The van der Waals surface area contributed by atoms with E-state index in [9.17, 15) is 9.59 Å². The van der Waals surface area contributed by atoms with Gasteiger partial charge in [-0.05, 0) is 37.6 Å². The molecule has 0 saturated carbocycles. The van der Waals surface area contributed by atoms with Crippen LogP contribution in [0.1, 0.15) is 19.8 Å². The maximum atomic E-state index is 12.1. The van der Waals surface area contributed by atoms with Crippen molar-refractivity contribution in [3.8, 4) is 0 Å². The van der Waals surface area contributed by atoms with Crippen molar-refractivity contribution in [2.45, 2.75) is 24.6 Å². The van der Waals surface area contributed by atoms with Crippen LogP contribution in [0.15, 0.2) is 28.7 Å². The lowest BCUT2D eigenvalue weighted by molar-refractivity contribution is -0.146. The Hall–Kier alpha value is -1.01. The molecule has 1 atom stereocenters. The molecule has 0 aliphatic carbocycles. The van der Waals surface area contributed by atoms with Crippen LogP contribution in [0.4, 0.5) is 5.69 Å². The van der Waals surface area contributed by atoms with Gasteiger partial charge >= 0.3 is 5.97 Å². The van der Waals surface area contributed by atoms with Gasteiger partial charge in [0.15, 0.2) is 4.87 Å².